The monoisotopic (exact) mass is 279 g/mol. The van der Waals surface area contributed by atoms with Gasteiger partial charge in [-0.3, -0.25) is 9.69 Å². The first-order valence-electron chi connectivity index (χ1n) is 6.69. The molecular weight excluding hydrogens is 262 g/mol. The molecule has 19 heavy (non-hydrogen) atoms. The average molecular weight is 280 g/mol. The number of benzene rings is 1. The molecule has 0 aliphatic carbocycles. The maximum absolute atomic E-state index is 12.0. The number of likely N-dealkylation sites (tertiary alicyclic amines) is 1. The fraction of sp³-hybridized carbons (Fsp3) is 0.500. The predicted molar refractivity (Wildman–Crippen MR) is 76.4 cm³/mol. The van der Waals surface area contributed by atoms with Crippen molar-refractivity contribution >= 4 is 23.2 Å². The first kappa shape index (κ1) is 12.9. The van der Waals surface area contributed by atoms with Crippen LogP contribution in [0.15, 0.2) is 24.3 Å². The van der Waals surface area contributed by atoms with Crippen molar-refractivity contribution in [3.8, 4) is 0 Å². The molecule has 2 N–H and O–H groups in total. The van der Waals surface area contributed by atoms with Crippen molar-refractivity contribution in [1.29, 1.82) is 0 Å². The Kier molecular flexibility index (Phi) is 3.73. The molecule has 2 aliphatic heterocycles. The first-order chi connectivity index (χ1) is 9.20. The number of nitrogens with one attached hydrogen (secondary N) is 2. The highest BCUT2D eigenvalue weighted by molar-refractivity contribution is 6.30. The number of carbonyl (C=O) groups excluding carboxylic acids is 1. The molecule has 3 rings (SSSR count). The molecule has 102 valence electrons. The Morgan fingerprint density at radius 3 is 2.53 bits per heavy atom. The van der Waals surface area contributed by atoms with Crippen molar-refractivity contribution in [3.05, 3.63) is 29.3 Å². The molecule has 2 unspecified atom stereocenters. The lowest BCUT2D eigenvalue weighted by atomic mass is 10.0. The van der Waals surface area contributed by atoms with E-state index in [2.05, 4.69) is 15.5 Å². The summed E-state index contributed by atoms with van der Waals surface area (Å²) in [5.41, 5.74) is 0.801. The van der Waals surface area contributed by atoms with E-state index >= 15 is 0 Å². The van der Waals surface area contributed by atoms with Crippen molar-refractivity contribution < 1.29 is 4.79 Å². The van der Waals surface area contributed by atoms with E-state index in [1.807, 2.05) is 12.1 Å². The van der Waals surface area contributed by atoms with E-state index in [1.54, 1.807) is 12.1 Å². The number of rotatable bonds is 3. The van der Waals surface area contributed by atoms with E-state index in [1.165, 1.54) is 0 Å². The Hall–Kier alpha value is -1.10. The minimum atomic E-state index is 0.0512. The summed E-state index contributed by atoms with van der Waals surface area (Å²) >= 11 is 5.81. The van der Waals surface area contributed by atoms with E-state index in [0.29, 0.717) is 11.6 Å². The Labute approximate surface area is 118 Å². The number of fused-ring (bicyclic) bond motifs is 1. The van der Waals surface area contributed by atoms with Gasteiger partial charge in [0.25, 0.3) is 0 Å². The highest BCUT2D eigenvalue weighted by Gasteiger charge is 2.36. The third-order valence-corrected chi connectivity index (χ3v) is 4.21. The molecular formula is C14H18ClN3O. The molecule has 1 amide bonds. The van der Waals surface area contributed by atoms with Crippen molar-refractivity contribution in [2.75, 3.05) is 38.0 Å². The van der Waals surface area contributed by atoms with Crippen LogP contribution in [0.2, 0.25) is 5.02 Å². The van der Waals surface area contributed by atoms with Gasteiger partial charge in [-0.2, -0.15) is 0 Å². The summed E-state index contributed by atoms with van der Waals surface area (Å²) in [5, 5.41) is 6.99. The number of nitrogens with zero attached hydrogens (tertiary/aromatic N) is 1. The van der Waals surface area contributed by atoms with Gasteiger partial charge in [-0.1, -0.05) is 11.6 Å². The van der Waals surface area contributed by atoms with Gasteiger partial charge >= 0.3 is 0 Å². The zero-order valence-electron chi connectivity index (χ0n) is 10.7. The second kappa shape index (κ2) is 5.49. The summed E-state index contributed by atoms with van der Waals surface area (Å²) in [5.74, 6) is 1.50. The summed E-state index contributed by atoms with van der Waals surface area (Å²) in [6, 6.07) is 7.21. The second-order valence-corrected chi connectivity index (χ2v) is 5.86. The van der Waals surface area contributed by atoms with Crippen LogP contribution in [0.25, 0.3) is 0 Å². The molecule has 1 aromatic rings. The van der Waals surface area contributed by atoms with Gasteiger partial charge in [0.1, 0.15) is 0 Å². The van der Waals surface area contributed by atoms with E-state index in [-0.39, 0.29) is 5.91 Å². The van der Waals surface area contributed by atoms with Crippen molar-refractivity contribution in [1.82, 2.24) is 10.2 Å². The van der Waals surface area contributed by atoms with Crippen LogP contribution in [0.3, 0.4) is 0 Å². The van der Waals surface area contributed by atoms with Gasteiger partial charge < -0.3 is 10.6 Å². The van der Waals surface area contributed by atoms with Gasteiger partial charge in [0.2, 0.25) is 5.91 Å². The summed E-state index contributed by atoms with van der Waals surface area (Å²) in [4.78, 5) is 14.2. The predicted octanol–water partition coefficient (Wildman–Crippen LogP) is 1.43. The van der Waals surface area contributed by atoms with Gasteiger partial charge in [-0.25, -0.2) is 0 Å². The standard InChI is InChI=1S/C14H18ClN3O/c15-12-1-3-13(4-2-12)17-14(19)9-18-7-10-5-16-6-11(10)8-18/h1-4,10-11,16H,5-9H2,(H,17,19). The smallest absolute Gasteiger partial charge is 0.238 e. The van der Waals surface area contributed by atoms with Gasteiger partial charge in [-0.05, 0) is 49.2 Å². The van der Waals surface area contributed by atoms with Crippen LogP contribution >= 0.6 is 11.6 Å². The SMILES string of the molecule is O=C(CN1CC2CNCC2C1)Nc1ccc(Cl)cc1. The largest absolute Gasteiger partial charge is 0.325 e. The fourth-order valence-corrected chi connectivity index (χ4v) is 3.14. The van der Waals surface area contributed by atoms with Gasteiger partial charge in [0.15, 0.2) is 0 Å². The van der Waals surface area contributed by atoms with Gasteiger partial charge in [0.05, 0.1) is 6.54 Å². The molecule has 4 nitrogen and oxygen atoms in total. The number of anilines is 1. The van der Waals surface area contributed by atoms with Crippen LogP contribution in [0.5, 0.6) is 0 Å². The summed E-state index contributed by atoms with van der Waals surface area (Å²) in [6.45, 7) is 4.74. The third-order valence-electron chi connectivity index (χ3n) is 3.96. The lowest BCUT2D eigenvalue weighted by Crippen LogP contribution is -2.33. The van der Waals surface area contributed by atoms with Gasteiger partial charge in [-0.15, -0.1) is 0 Å². The molecule has 2 fully saturated rings. The number of hydrogen-bond acceptors (Lipinski definition) is 3. The van der Waals surface area contributed by atoms with Crippen molar-refractivity contribution in [2.45, 2.75) is 0 Å². The van der Waals surface area contributed by atoms with Crippen molar-refractivity contribution in [2.24, 2.45) is 11.8 Å². The second-order valence-electron chi connectivity index (χ2n) is 5.43. The summed E-state index contributed by atoms with van der Waals surface area (Å²) < 4.78 is 0. The molecule has 2 heterocycles. The molecule has 0 aromatic heterocycles. The van der Waals surface area contributed by atoms with E-state index < -0.39 is 0 Å². The highest BCUT2D eigenvalue weighted by Crippen LogP contribution is 2.25. The molecule has 2 saturated heterocycles. The maximum Gasteiger partial charge on any atom is 0.238 e. The number of amides is 1. The van der Waals surface area contributed by atoms with Gasteiger partial charge in [0, 0.05) is 23.8 Å². The molecule has 1 aromatic carbocycles. The molecule has 0 radical (unpaired) electrons. The van der Waals surface area contributed by atoms with Crippen LogP contribution in [0.1, 0.15) is 0 Å². The number of halogens is 1. The van der Waals surface area contributed by atoms with Crippen LogP contribution < -0.4 is 10.6 Å². The topological polar surface area (TPSA) is 44.4 Å². The van der Waals surface area contributed by atoms with Crippen LogP contribution in [0.4, 0.5) is 5.69 Å². The summed E-state index contributed by atoms with van der Waals surface area (Å²) in [6.07, 6.45) is 0. The molecule has 2 atom stereocenters. The number of carbonyl (C=O) groups is 1. The Balaban J connectivity index is 1.50. The molecule has 5 heteroatoms. The Bertz CT molecular complexity index is 450. The molecule has 2 aliphatic rings. The molecule has 0 saturated carbocycles. The lowest BCUT2D eigenvalue weighted by molar-refractivity contribution is -0.117. The average Bonchev–Trinajstić information content (AvgIpc) is 2.92. The number of hydrogen-bond donors (Lipinski definition) is 2. The van der Waals surface area contributed by atoms with Crippen LogP contribution in [-0.2, 0) is 4.79 Å². The zero-order valence-corrected chi connectivity index (χ0v) is 11.5. The minimum Gasteiger partial charge on any atom is -0.325 e. The van der Waals surface area contributed by atoms with E-state index in [9.17, 15) is 4.79 Å². The third kappa shape index (κ3) is 3.08. The maximum atomic E-state index is 12.0. The molecule has 0 spiro atoms. The van der Waals surface area contributed by atoms with Crippen molar-refractivity contribution in [3.63, 3.8) is 0 Å². The summed E-state index contributed by atoms with van der Waals surface area (Å²) in [7, 11) is 0. The Morgan fingerprint density at radius 2 is 1.89 bits per heavy atom. The molecule has 0 bridgehead atoms. The van der Waals surface area contributed by atoms with Crippen LogP contribution in [-0.4, -0.2) is 43.5 Å². The lowest BCUT2D eigenvalue weighted by Gasteiger charge is -2.16. The van der Waals surface area contributed by atoms with Crippen LogP contribution in [0, 0.1) is 11.8 Å². The Morgan fingerprint density at radius 1 is 1.26 bits per heavy atom. The fourth-order valence-electron chi connectivity index (χ4n) is 3.02. The first-order valence-corrected chi connectivity index (χ1v) is 7.07. The quantitative estimate of drug-likeness (QED) is 0.880. The highest BCUT2D eigenvalue weighted by atomic mass is 35.5. The minimum absolute atomic E-state index is 0.0512. The zero-order chi connectivity index (χ0) is 13.2. The van der Waals surface area contributed by atoms with E-state index in [0.717, 1.165) is 43.7 Å². The normalized spacial score (nSPS) is 26.4. The van der Waals surface area contributed by atoms with E-state index in [4.69, 9.17) is 11.6 Å².